The summed E-state index contributed by atoms with van der Waals surface area (Å²) in [5.74, 6) is -3.16. The first-order valence-electron chi connectivity index (χ1n) is 27.2. The highest BCUT2D eigenvalue weighted by atomic mass is 16.5. The van der Waals surface area contributed by atoms with Crippen LogP contribution in [-0.4, -0.2) is 142 Å². The van der Waals surface area contributed by atoms with Crippen LogP contribution in [0.4, 0.5) is 0 Å². The molecule has 3 amide bonds. The fraction of sp³-hybridized carbons (Fsp3) is 0.727. The van der Waals surface area contributed by atoms with Gasteiger partial charge in [0.15, 0.2) is 5.78 Å². The molecule has 0 unspecified atom stereocenters. The molecular formula is C55H93N5O14. The number of carbonyl (C=O) groups excluding carboxylic acids is 5. The lowest BCUT2D eigenvalue weighted by Gasteiger charge is -2.17. The van der Waals surface area contributed by atoms with E-state index in [0.717, 1.165) is 44.1 Å². The molecule has 1 rings (SSSR count). The molecule has 74 heavy (non-hydrogen) atoms. The average Bonchev–Trinajstić information content (AvgIpc) is 3.36. The molecule has 0 heterocycles. The van der Waals surface area contributed by atoms with Crippen molar-refractivity contribution < 1.29 is 67.8 Å². The molecule has 0 aliphatic rings. The minimum absolute atomic E-state index is 0.000115. The molecule has 0 saturated heterocycles. The first kappa shape index (κ1) is 67.1. The van der Waals surface area contributed by atoms with Crippen LogP contribution in [-0.2, 0) is 58.9 Å². The number of aromatic hydroxyl groups is 1. The number of hydrogen-bond acceptors (Lipinski definition) is 14. The van der Waals surface area contributed by atoms with Crippen molar-refractivity contribution in [3.8, 4) is 5.75 Å². The molecule has 0 aliphatic carbocycles. The Morgan fingerprint density at radius 2 is 1.11 bits per heavy atom. The number of benzene rings is 1. The van der Waals surface area contributed by atoms with Crippen molar-refractivity contribution >= 4 is 41.2 Å². The molecule has 19 nitrogen and oxygen atoms in total. The third-order valence-corrected chi connectivity index (χ3v) is 12.5. The molecule has 0 fully saturated rings. The zero-order valence-corrected chi connectivity index (χ0v) is 44.6. The molecule has 0 saturated carbocycles. The number of carboxylic acid groups (broad SMARTS) is 2. The predicted octanol–water partition coefficient (Wildman–Crippen LogP) is 6.45. The van der Waals surface area contributed by atoms with Crippen molar-refractivity contribution in [2.75, 3.05) is 73.0 Å². The number of nitrogens with one attached hydrogen (secondary N) is 4. The van der Waals surface area contributed by atoms with E-state index in [-0.39, 0.29) is 120 Å². The molecule has 422 valence electrons. The molecule has 19 heteroatoms. The maximum Gasteiger partial charge on any atom is 0.326 e. The van der Waals surface area contributed by atoms with Crippen LogP contribution in [0.15, 0.2) is 36.5 Å². The quantitative estimate of drug-likeness (QED) is 0.0325. The summed E-state index contributed by atoms with van der Waals surface area (Å²) in [5.41, 5.74) is 7.11. The van der Waals surface area contributed by atoms with E-state index >= 15 is 0 Å². The summed E-state index contributed by atoms with van der Waals surface area (Å²) in [4.78, 5) is 83.8. The van der Waals surface area contributed by atoms with E-state index in [2.05, 4.69) is 27.8 Å². The number of ether oxygens (including phenoxy) is 4. The highest BCUT2D eigenvalue weighted by molar-refractivity contribution is 5.85. The summed E-state index contributed by atoms with van der Waals surface area (Å²) in [6, 6.07) is 5.29. The van der Waals surface area contributed by atoms with Crippen LogP contribution >= 0.6 is 0 Å². The molecule has 1 aromatic carbocycles. The molecule has 0 spiro atoms. The Labute approximate surface area is 440 Å². The van der Waals surface area contributed by atoms with Crippen LogP contribution < -0.4 is 27.0 Å². The molecule has 1 aromatic rings. The van der Waals surface area contributed by atoms with Gasteiger partial charge < -0.3 is 61.3 Å². The summed E-state index contributed by atoms with van der Waals surface area (Å²) in [5, 5.41) is 39.4. The third-order valence-electron chi connectivity index (χ3n) is 12.5. The monoisotopic (exact) mass is 1050 g/mol. The minimum atomic E-state index is -1.03. The van der Waals surface area contributed by atoms with Gasteiger partial charge in [-0.3, -0.25) is 28.8 Å². The number of hydrogen-bond donors (Lipinski definition) is 8. The number of phenols is 1. The Morgan fingerprint density at radius 1 is 0.554 bits per heavy atom. The number of phenolic OH excluding ortho intramolecular Hbond substituents is 1. The lowest BCUT2D eigenvalue weighted by atomic mass is 9.91. The number of carboxylic acids is 2. The van der Waals surface area contributed by atoms with Gasteiger partial charge in [0.25, 0.3) is 0 Å². The second-order valence-corrected chi connectivity index (χ2v) is 19.0. The Morgan fingerprint density at radius 3 is 1.69 bits per heavy atom. The van der Waals surface area contributed by atoms with Crippen molar-refractivity contribution in [2.24, 2.45) is 11.7 Å². The predicted molar refractivity (Wildman–Crippen MR) is 283 cm³/mol. The van der Waals surface area contributed by atoms with Gasteiger partial charge >= 0.3 is 11.9 Å². The number of Topliss-reactive ketones (excluding diaryl/α,β-unsaturated/α-hetero) is 2. The smallest absolute Gasteiger partial charge is 0.326 e. The number of amides is 3. The summed E-state index contributed by atoms with van der Waals surface area (Å²) in [7, 11) is 1.72. The second-order valence-electron chi connectivity index (χ2n) is 19.0. The fourth-order valence-electron chi connectivity index (χ4n) is 8.14. The van der Waals surface area contributed by atoms with Crippen molar-refractivity contribution in [3.05, 3.63) is 42.1 Å². The highest BCUT2D eigenvalue weighted by Gasteiger charge is 2.22. The standard InChI is InChI=1S/C55H93N5O14/c1-43(20-15-13-11-9-7-5-3-4-6-8-10-12-14-16-23-53(66)67)60-49(55(69)70)29-31-51(64)59-33-35-72-37-38-73-41-47(62)21-19-34-71-36-39-74-42-52(65)58-32-18-17-22-48(57-2)50(63)30-26-45(54(56)68)40-44-24-27-46(61)28-25-44/h24-25,27-28,45,48-49,57,60-61H,1,3-23,26,29-42H2,2H3,(H2,56,68)(H,58,65)(H,59,64)(H,66,67)(H,69,70)/t45-,48-,49-/m0/s1. The number of primary amides is 1. The third kappa shape index (κ3) is 39.5. The zero-order chi connectivity index (χ0) is 54.4. The topological polar surface area (TPSA) is 291 Å². The van der Waals surface area contributed by atoms with E-state index in [1.54, 1.807) is 31.3 Å². The molecule has 9 N–H and O–H groups in total. The van der Waals surface area contributed by atoms with E-state index in [0.29, 0.717) is 63.8 Å². The maximum atomic E-state index is 12.8. The number of likely N-dealkylation sites (N-methyl/N-ethyl adjacent to an activating group) is 1. The number of ketones is 2. The van der Waals surface area contributed by atoms with Crippen molar-refractivity contribution in [1.82, 2.24) is 21.3 Å². The van der Waals surface area contributed by atoms with Gasteiger partial charge in [0.05, 0.1) is 39.1 Å². The minimum Gasteiger partial charge on any atom is -0.508 e. The van der Waals surface area contributed by atoms with Crippen LogP contribution in [0, 0.1) is 5.92 Å². The number of unbranched alkanes of at least 4 members (excludes halogenated alkanes) is 14. The van der Waals surface area contributed by atoms with Gasteiger partial charge in [-0.05, 0) is 89.0 Å². The van der Waals surface area contributed by atoms with Crippen LogP contribution in [0.2, 0.25) is 0 Å². The molecule has 0 radical (unpaired) electrons. The van der Waals surface area contributed by atoms with Crippen molar-refractivity contribution in [1.29, 1.82) is 0 Å². The number of allylic oxidation sites excluding steroid dienone is 1. The van der Waals surface area contributed by atoms with E-state index < -0.39 is 29.8 Å². The molecule has 0 bridgehead atoms. The lowest BCUT2D eigenvalue weighted by molar-refractivity contribution is -0.140. The Hall–Kier alpha value is -4.95. The largest absolute Gasteiger partial charge is 0.508 e. The van der Waals surface area contributed by atoms with Gasteiger partial charge in [-0.15, -0.1) is 0 Å². The Balaban J connectivity index is 1.95. The molecular weight excluding hydrogens is 955 g/mol. The van der Waals surface area contributed by atoms with Gasteiger partial charge in [-0.25, -0.2) is 4.79 Å². The highest BCUT2D eigenvalue weighted by Crippen LogP contribution is 2.19. The molecule has 0 aromatic heterocycles. The van der Waals surface area contributed by atoms with Gasteiger partial charge in [0.2, 0.25) is 17.7 Å². The summed E-state index contributed by atoms with van der Waals surface area (Å²) in [6.07, 6.45) is 20.7. The van der Waals surface area contributed by atoms with E-state index in [9.17, 15) is 43.8 Å². The fourth-order valence-corrected chi connectivity index (χ4v) is 8.14. The van der Waals surface area contributed by atoms with Crippen molar-refractivity contribution in [2.45, 2.75) is 179 Å². The Kier molecular flexibility index (Phi) is 41.2. The van der Waals surface area contributed by atoms with Crippen LogP contribution in [0.3, 0.4) is 0 Å². The zero-order valence-electron chi connectivity index (χ0n) is 44.6. The first-order valence-corrected chi connectivity index (χ1v) is 27.2. The van der Waals surface area contributed by atoms with Crippen LogP contribution in [0.1, 0.15) is 166 Å². The Bertz CT molecular complexity index is 1710. The number of carbonyl (C=O) groups is 7. The number of rotatable bonds is 53. The summed E-state index contributed by atoms with van der Waals surface area (Å²) >= 11 is 0. The van der Waals surface area contributed by atoms with Gasteiger partial charge in [-0.2, -0.15) is 0 Å². The first-order chi connectivity index (χ1) is 35.7. The van der Waals surface area contributed by atoms with Gasteiger partial charge in [-0.1, -0.05) is 95.8 Å². The van der Waals surface area contributed by atoms with Crippen LogP contribution in [0.5, 0.6) is 5.75 Å². The maximum absolute atomic E-state index is 12.8. The van der Waals surface area contributed by atoms with E-state index in [1.165, 1.54) is 51.4 Å². The average molecular weight is 1050 g/mol. The van der Waals surface area contributed by atoms with E-state index in [4.69, 9.17) is 29.8 Å². The van der Waals surface area contributed by atoms with Crippen LogP contribution in [0.25, 0.3) is 0 Å². The SMILES string of the molecule is C=C(CCCCCCCCCCCCCCCCC(=O)O)N[C@@H](CCC(=O)NCCOCCOCC(=O)CCCOCCOCC(=O)NCCCC[C@H](NC)C(=O)CC[C@@H](Cc1ccc(O)cc1)C(N)=O)C(=O)O. The van der Waals surface area contributed by atoms with Gasteiger partial charge in [0, 0.05) is 57.0 Å². The lowest BCUT2D eigenvalue weighted by Crippen LogP contribution is -2.37. The molecule has 3 atom stereocenters. The van der Waals surface area contributed by atoms with Gasteiger partial charge in [0.1, 0.15) is 30.8 Å². The summed E-state index contributed by atoms with van der Waals surface area (Å²) < 4.78 is 21.7. The second kappa shape index (κ2) is 45.4. The van der Waals surface area contributed by atoms with Crippen molar-refractivity contribution in [3.63, 3.8) is 0 Å². The molecule has 0 aliphatic heterocycles. The summed E-state index contributed by atoms with van der Waals surface area (Å²) in [6.45, 7) is 6.07. The number of nitrogens with two attached hydrogens (primary N) is 1. The number of aliphatic carboxylic acids is 2. The normalized spacial score (nSPS) is 12.4. The van der Waals surface area contributed by atoms with E-state index in [1.807, 2.05) is 0 Å².